The zero-order valence-electron chi connectivity index (χ0n) is 11.3. The topological polar surface area (TPSA) is 52.6 Å². The van der Waals surface area contributed by atoms with Crippen molar-refractivity contribution in [2.24, 2.45) is 5.92 Å². The number of aliphatic hydroxyl groups is 1. The van der Waals surface area contributed by atoms with Crippen molar-refractivity contribution in [3.8, 4) is 0 Å². The maximum Gasteiger partial charge on any atom is 0.238 e. The Hall–Kier alpha value is -0.810. The summed E-state index contributed by atoms with van der Waals surface area (Å²) in [6, 6.07) is 5.10. The minimum Gasteiger partial charge on any atom is -0.393 e. The van der Waals surface area contributed by atoms with E-state index >= 15 is 0 Å². The Kier molecular flexibility index (Phi) is 5.27. The number of hydrogen-bond donors (Lipinski definition) is 2. The van der Waals surface area contributed by atoms with Crippen molar-refractivity contribution in [3.05, 3.63) is 28.2 Å². The second-order valence-corrected chi connectivity index (χ2v) is 6.03. The summed E-state index contributed by atoms with van der Waals surface area (Å²) in [6.45, 7) is 3.69. The molecule has 1 saturated heterocycles. The number of piperidine rings is 1. The Morgan fingerprint density at radius 3 is 2.70 bits per heavy atom. The molecule has 20 heavy (non-hydrogen) atoms. The van der Waals surface area contributed by atoms with Crippen molar-refractivity contribution in [2.75, 3.05) is 25.0 Å². The molecule has 1 fully saturated rings. The lowest BCUT2D eigenvalue weighted by molar-refractivity contribution is -0.118. The number of carbonyl (C=O) groups is 1. The van der Waals surface area contributed by atoms with E-state index in [9.17, 15) is 9.90 Å². The molecular formula is C14H18Cl2N2O2. The van der Waals surface area contributed by atoms with Crippen molar-refractivity contribution in [2.45, 2.75) is 19.4 Å². The highest BCUT2D eigenvalue weighted by molar-refractivity contribution is 6.39. The fourth-order valence-electron chi connectivity index (χ4n) is 2.36. The molecule has 2 atom stereocenters. The van der Waals surface area contributed by atoms with Crippen molar-refractivity contribution < 1.29 is 9.90 Å². The third kappa shape index (κ3) is 3.85. The fourth-order valence-corrected chi connectivity index (χ4v) is 2.85. The van der Waals surface area contributed by atoms with Gasteiger partial charge in [-0.15, -0.1) is 0 Å². The molecule has 6 heteroatoms. The van der Waals surface area contributed by atoms with Crippen molar-refractivity contribution in [3.63, 3.8) is 0 Å². The number of hydrogen-bond acceptors (Lipinski definition) is 3. The SMILES string of the molecule is CC1CN(CC(=O)Nc2c(Cl)cccc2Cl)CCC1O. The maximum atomic E-state index is 12.0. The largest absolute Gasteiger partial charge is 0.393 e. The summed E-state index contributed by atoms with van der Waals surface area (Å²) in [4.78, 5) is 14.1. The molecule has 1 amide bonds. The number of halogens is 2. The third-order valence-electron chi connectivity index (χ3n) is 3.54. The van der Waals surface area contributed by atoms with Gasteiger partial charge in [-0.3, -0.25) is 9.69 Å². The van der Waals surface area contributed by atoms with E-state index in [0.717, 1.165) is 6.54 Å². The number of carbonyl (C=O) groups excluding carboxylic acids is 1. The third-order valence-corrected chi connectivity index (χ3v) is 4.17. The first-order chi connectivity index (χ1) is 9.47. The molecule has 0 spiro atoms. The van der Waals surface area contributed by atoms with E-state index in [1.807, 2.05) is 11.8 Å². The molecule has 110 valence electrons. The summed E-state index contributed by atoms with van der Waals surface area (Å²) in [5.74, 6) is 0.0315. The molecule has 2 rings (SSSR count). The van der Waals surface area contributed by atoms with Gasteiger partial charge in [-0.2, -0.15) is 0 Å². The minimum atomic E-state index is -0.271. The average Bonchev–Trinajstić information content (AvgIpc) is 2.38. The monoisotopic (exact) mass is 316 g/mol. The van der Waals surface area contributed by atoms with E-state index in [1.165, 1.54) is 0 Å². The highest BCUT2D eigenvalue weighted by Gasteiger charge is 2.25. The van der Waals surface area contributed by atoms with Gasteiger partial charge in [0.1, 0.15) is 0 Å². The van der Waals surface area contributed by atoms with E-state index < -0.39 is 0 Å². The fraction of sp³-hybridized carbons (Fsp3) is 0.500. The van der Waals surface area contributed by atoms with Gasteiger partial charge in [-0.05, 0) is 24.5 Å². The summed E-state index contributed by atoms with van der Waals surface area (Å²) in [6.07, 6.45) is 0.425. The number of amides is 1. The molecule has 1 heterocycles. The van der Waals surface area contributed by atoms with Crippen LogP contribution in [0, 0.1) is 5.92 Å². The van der Waals surface area contributed by atoms with Gasteiger partial charge in [-0.1, -0.05) is 36.2 Å². The molecule has 0 aliphatic carbocycles. The molecule has 1 aromatic rings. The molecule has 0 bridgehead atoms. The van der Waals surface area contributed by atoms with Crippen LogP contribution in [0.5, 0.6) is 0 Å². The van der Waals surface area contributed by atoms with Crippen LogP contribution in [0.2, 0.25) is 10.0 Å². The Balaban J connectivity index is 1.93. The zero-order chi connectivity index (χ0) is 14.7. The number of likely N-dealkylation sites (tertiary alicyclic amines) is 1. The molecule has 1 aliphatic rings. The summed E-state index contributed by atoms with van der Waals surface area (Å²) in [5, 5.41) is 13.3. The number of rotatable bonds is 3. The van der Waals surface area contributed by atoms with Crippen LogP contribution in [-0.2, 0) is 4.79 Å². The van der Waals surface area contributed by atoms with E-state index in [2.05, 4.69) is 5.32 Å². The Labute approximate surface area is 128 Å². The van der Waals surface area contributed by atoms with Gasteiger partial charge in [0, 0.05) is 13.1 Å². The highest BCUT2D eigenvalue weighted by atomic mass is 35.5. The maximum absolute atomic E-state index is 12.0. The molecular weight excluding hydrogens is 299 g/mol. The van der Waals surface area contributed by atoms with E-state index in [0.29, 0.717) is 28.7 Å². The van der Waals surface area contributed by atoms with Crippen LogP contribution in [0.4, 0.5) is 5.69 Å². The lowest BCUT2D eigenvalue weighted by Crippen LogP contribution is -2.45. The summed E-state index contributed by atoms with van der Waals surface area (Å²) in [7, 11) is 0. The van der Waals surface area contributed by atoms with Crippen molar-refractivity contribution >= 4 is 34.8 Å². The van der Waals surface area contributed by atoms with E-state index in [1.54, 1.807) is 18.2 Å². The van der Waals surface area contributed by atoms with Gasteiger partial charge in [0.25, 0.3) is 0 Å². The smallest absolute Gasteiger partial charge is 0.238 e. The van der Waals surface area contributed by atoms with Gasteiger partial charge >= 0.3 is 0 Å². The second-order valence-electron chi connectivity index (χ2n) is 5.21. The number of aliphatic hydroxyl groups excluding tert-OH is 1. The Morgan fingerprint density at radius 1 is 1.45 bits per heavy atom. The first kappa shape index (κ1) is 15.6. The number of anilines is 1. The van der Waals surface area contributed by atoms with Gasteiger partial charge in [0.2, 0.25) is 5.91 Å². The number of nitrogens with zero attached hydrogens (tertiary/aromatic N) is 1. The Morgan fingerprint density at radius 2 is 2.10 bits per heavy atom. The van der Waals surface area contributed by atoms with E-state index in [-0.39, 0.29) is 24.5 Å². The first-order valence-corrected chi connectivity index (χ1v) is 7.37. The van der Waals surface area contributed by atoms with Crippen LogP contribution < -0.4 is 5.32 Å². The molecule has 0 radical (unpaired) electrons. The average molecular weight is 317 g/mol. The molecule has 0 aromatic heterocycles. The number of benzene rings is 1. The lowest BCUT2D eigenvalue weighted by atomic mass is 9.97. The van der Waals surface area contributed by atoms with Crippen LogP contribution in [0.25, 0.3) is 0 Å². The van der Waals surface area contributed by atoms with Crippen LogP contribution in [0.15, 0.2) is 18.2 Å². The molecule has 2 N–H and O–H groups in total. The zero-order valence-corrected chi connectivity index (χ0v) is 12.8. The van der Waals surface area contributed by atoms with Crippen LogP contribution in [-0.4, -0.2) is 41.7 Å². The van der Waals surface area contributed by atoms with Crippen LogP contribution in [0.1, 0.15) is 13.3 Å². The van der Waals surface area contributed by atoms with Gasteiger partial charge in [-0.25, -0.2) is 0 Å². The lowest BCUT2D eigenvalue weighted by Gasteiger charge is -2.33. The molecule has 1 aliphatic heterocycles. The van der Waals surface area contributed by atoms with Gasteiger partial charge in [0.15, 0.2) is 0 Å². The summed E-state index contributed by atoms with van der Waals surface area (Å²) < 4.78 is 0. The van der Waals surface area contributed by atoms with Crippen LogP contribution in [0.3, 0.4) is 0 Å². The number of nitrogens with one attached hydrogen (secondary N) is 1. The molecule has 0 saturated carbocycles. The second kappa shape index (κ2) is 6.76. The molecule has 4 nitrogen and oxygen atoms in total. The minimum absolute atomic E-state index is 0.149. The normalized spacial score (nSPS) is 23.6. The van der Waals surface area contributed by atoms with Gasteiger partial charge < -0.3 is 10.4 Å². The predicted molar refractivity (Wildman–Crippen MR) is 81.3 cm³/mol. The Bertz CT molecular complexity index is 476. The van der Waals surface area contributed by atoms with Crippen molar-refractivity contribution in [1.82, 2.24) is 4.90 Å². The number of para-hydroxylation sites is 1. The highest BCUT2D eigenvalue weighted by Crippen LogP contribution is 2.29. The standard InChI is InChI=1S/C14H18Cl2N2O2/c1-9-7-18(6-5-12(9)19)8-13(20)17-14-10(15)3-2-4-11(14)16/h2-4,9,12,19H,5-8H2,1H3,(H,17,20). The summed E-state index contributed by atoms with van der Waals surface area (Å²) in [5.41, 5.74) is 0.450. The molecule has 2 unspecified atom stereocenters. The van der Waals surface area contributed by atoms with Crippen molar-refractivity contribution in [1.29, 1.82) is 0 Å². The van der Waals surface area contributed by atoms with Crippen LogP contribution >= 0.6 is 23.2 Å². The van der Waals surface area contributed by atoms with E-state index in [4.69, 9.17) is 23.2 Å². The first-order valence-electron chi connectivity index (χ1n) is 6.61. The summed E-state index contributed by atoms with van der Waals surface area (Å²) >= 11 is 12.0. The predicted octanol–water partition coefficient (Wildman–Crippen LogP) is 2.63. The van der Waals surface area contributed by atoms with Gasteiger partial charge in [0.05, 0.1) is 28.4 Å². The quantitative estimate of drug-likeness (QED) is 0.901. The molecule has 1 aromatic carbocycles.